The van der Waals surface area contributed by atoms with E-state index in [0.29, 0.717) is 16.1 Å². The zero-order chi connectivity index (χ0) is 23.0. The fourth-order valence-electron chi connectivity index (χ4n) is 5.21. The summed E-state index contributed by atoms with van der Waals surface area (Å²) in [6.45, 7) is 0.0596. The number of nitrogens with two attached hydrogens (primary N) is 1. The van der Waals surface area contributed by atoms with Gasteiger partial charge in [0.25, 0.3) is 0 Å². The van der Waals surface area contributed by atoms with E-state index in [1.165, 1.54) is 35.7 Å². The number of esters is 1. The van der Waals surface area contributed by atoms with Crippen LogP contribution in [0.25, 0.3) is 0 Å². The Morgan fingerprint density at radius 2 is 1.69 bits per heavy atom. The third-order valence-corrected chi connectivity index (χ3v) is 8.78. The van der Waals surface area contributed by atoms with Gasteiger partial charge in [-0.1, -0.05) is 23.7 Å². The molecule has 0 radical (unpaired) electrons. The third-order valence-electron chi connectivity index (χ3n) is 6.67. The first-order valence-electron chi connectivity index (χ1n) is 10.5. The van der Waals surface area contributed by atoms with Crippen LogP contribution in [-0.4, -0.2) is 37.8 Å². The second-order valence-electron chi connectivity index (χ2n) is 8.44. The van der Waals surface area contributed by atoms with Crippen LogP contribution in [0.15, 0.2) is 53.4 Å². The molecule has 0 saturated heterocycles. The van der Waals surface area contributed by atoms with Crippen molar-refractivity contribution in [3.8, 4) is 0 Å². The standard InChI is InChI=1S/C23H25ClN2O5S/c1-31-23(28)15-4-2-14(3-5-15)13-26(32(29,30)19-10-8-18(24)9-11-19)21-17-7-6-16(12-17)20(21)22(25)27/h2-5,8-11,16-17,20-21H,6-7,12-13H2,1H3,(H2,25,27)/t16-,17+,20?,21?/m1/s1. The van der Waals surface area contributed by atoms with E-state index >= 15 is 0 Å². The summed E-state index contributed by atoms with van der Waals surface area (Å²) >= 11 is 5.96. The summed E-state index contributed by atoms with van der Waals surface area (Å²) in [5.41, 5.74) is 6.82. The number of carbonyl (C=O) groups excluding carboxylic acids is 2. The second-order valence-corrected chi connectivity index (χ2v) is 10.8. The summed E-state index contributed by atoms with van der Waals surface area (Å²) in [5.74, 6) is -1.27. The van der Waals surface area contributed by atoms with Gasteiger partial charge in [-0.3, -0.25) is 4.79 Å². The minimum absolute atomic E-state index is 0.0596. The average molecular weight is 477 g/mol. The number of sulfonamides is 1. The van der Waals surface area contributed by atoms with Gasteiger partial charge in [0.2, 0.25) is 15.9 Å². The lowest BCUT2D eigenvalue weighted by molar-refractivity contribution is -0.125. The van der Waals surface area contributed by atoms with Gasteiger partial charge < -0.3 is 10.5 Å². The number of fused-ring (bicyclic) bond motifs is 2. The maximum absolute atomic E-state index is 13.8. The van der Waals surface area contributed by atoms with Crippen molar-refractivity contribution in [3.63, 3.8) is 0 Å². The van der Waals surface area contributed by atoms with Crippen molar-refractivity contribution in [2.75, 3.05) is 7.11 Å². The molecule has 170 valence electrons. The Kier molecular flexibility index (Phi) is 6.29. The van der Waals surface area contributed by atoms with E-state index in [0.717, 1.165) is 19.3 Å². The van der Waals surface area contributed by atoms with E-state index in [2.05, 4.69) is 0 Å². The lowest BCUT2D eigenvalue weighted by Crippen LogP contribution is -2.50. The lowest BCUT2D eigenvalue weighted by atomic mass is 9.84. The molecule has 2 unspecified atom stereocenters. The molecule has 7 nitrogen and oxygen atoms in total. The summed E-state index contributed by atoms with van der Waals surface area (Å²) in [4.78, 5) is 24.2. The van der Waals surface area contributed by atoms with Gasteiger partial charge in [-0.25, -0.2) is 13.2 Å². The lowest BCUT2D eigenvalue weighted by Gasteiger charge is -2.37. The van der Waals surface area contributed by atoms with Gasteiger partial charge in [-0.2, -0.15) is 4.31 Å². The zero-order valence-electron chi connectivity index (χ0n) is 17.6. The number of primary amides is 1. The Hall–Kier alpha value is -2.42. The summed E-state index contributed by atoms with van der Waals surface area (Å²) in [6.07, 6.45) is 2.55. The number of amides is 1. The minimum Gasteiger partial charge on any atom is -0.465 e. The van der Waals surface area contributed by atoms with Crippen LogP contribution in [0, 0.1) is 17.8 Å². The van der Waals surface area contributed by atoms with Crippen LogP contribution in [0.2, 0.25) is 5.02 Å². The maximum atomic E-state index is 13.8. The Morgan fingerprint density at radius 1 is 1.06 bits per heavy atom. The number of halogens is 1. The van der Waals surface area contributed by atoms with Crippen LogP contribution in [-0.2, 0) is 26.1 Å². The Labute approximate surface area is 192 Å². The van der Waals surface area contributed by atoms with Gasteiger partial charge in [-0.05, 0) is 73.1 Å². The van der Waals surface area contributed by atoms with Crippen LogP contribution in [0.4, 0.5) is 0 Å². The van der Waals surface area contributed by atoms with E-state index in [1.807, 2.05) is 0 Å². The van der Waals surface area contributed by atoms with Crippen LogP contribution in [0.3, 0.4) is 0 Å². The normalized spacial score (nSPS) is 24.6. The molecule has 0 spiro atoms. The molecular formula is C23H25ClN2O5S. The zero-order valence-corrected chi connectivity index (χ0v) is 19.2. The molecule has 4 atom stereocenters. The largest absolute Gasteiger partial charge is 0.465 e. The third kappa shape index (κ3) is 4.14. The molecule has 2 N–H and O–H groups in total. The Morgan fingerprint density at radius 3 is 2.28 bits per heavy atom. The number of benzene rings is 2. The highest BCUT2D eigenvalue weighted by molar-refractivity contribution is 7.89. The number of hydrogen-bond donors (Lipinski definition) is 1. The van der Waals surface area contributed by atoms with Crippen LogP contribution in [0.5, 0.6) is 0 Å². The number of ether oxygens (including phenoxy) is 1. The summed E-state index contributed by atoms with van der Waals surface area (Å²) in [6, 6.07) is 12.1. The van der Waals surface area contributed by atoms with Crippen molar-refractivity contribution in [2.45, 2.75) is 36.7 Å². The Balaban J connectivity index is 1.74. The summed E-state index contributed by atoms with van der Waals surface area (Å²) in [7, 11) is -2.64. The molecule has 32 heavy (non-hydrogen) atoms. The maximum Gasteiger partial charge on any atom is 0.337 e. The molecule has 0 heterocycles. The van der Waals surface area contributed by atoms with Crippen molar-refractivity contribution < 1.29 is 22.7 Å². The Bertz CT molecular complexity index is 1120. The topological polar surface area (TPSA) is 107 Å². The molecular weight excluding hydrogens is 452 g/mol. The monoisotopic (exact) mass is 476 g/mol. The fraction of sp³-hybridized carbons (Fsp3) is 0.391. The summed E-state index contributed by atoms with van der Waals surface area (Å²) < 4.78 is 33.7. The highest BCUT2D eigenvalue weighted by Gasteiger charge is 2.54. The molecule has 2 aliphatic carbocycles. The molecule has 2 fully saturated rings. The van der Waals surface area contributed by atoms with Gasteiger partial charge in [0.1, 0.15) is 0 Å². The van der Waals surface area contributed by atoms with Gasteiger partial charge in [0.15, 0.2) is 0 Å². The molecule has 2 aromatic rings. The number of hydrogen-bond acceptors (Lipinski definition) is 5. The molecule has 9 heteroatoms. The van der Waals surface area contributed by atoms with E-state index in [4.69, 9.17) is 22.1 Å². The highest BCUT2D eigenvalue weighted by Crippen LogP contribution is 2.51. The first-order valence-corrected chi connectivity index (χ1v) is 12.3. The van der Waals surface area contributed by atoms with Crippen molar-refractivity contribution in [3.05, 3.63) is 64.7 Å². The molecule has 4 rings (SSSR count). The SMILES string of the molecule is COC(=O)c1ccc(CN(C2C(C(N)=O)[C@@H]3CC[C@H]2C3)S(=O)(=O)c2ccc(Cl)cc2)cc1. The molecule has 2 aromatic carbocycles. The molecule has 0 aliphatic heterocycles. The fourth-order valence-corrected chi connectivity index (χ4v) is 7.03. The average Bonchev–Trinajstić information content (AvgIpc) is 3.39. The molecule has 2 aliphatic rings. The van der Waals surface area contributed by atoms with Crippen molar-refractivity contribution >= 4 is 33.5 Å². The van der Waals surface area contributed by atoms with E-state index in [1.54, 1.807) is 24.3 Å². The van der Waals surface area contributed by atoms with Gasteiger partial charge >= 0.3 is 5.97 Å². The first kappa shape index (κ1) is 22.8. The quantitative estimate of drug-likeness (QED) is 0.617. The number of nitrogens with zero attached hydrogens (tertiary/aromatic N) is 1. The van der Waals surface area contributed by atoms with Crippen LogP contribution in [0.1, 0.15) is 35.2 Å². The van der Waals surface area contributed by atoms with E-state index in [-0.39, 0.29) is 23.3 Å². The highest BCUT2D eigenvalue weighted by atomic mass is 35.5. The van der Waals surface area contributed by atoms with Crippen LogP contribution < -0.4 is 5.73 Å². The van der Waals surface area contributed by atoms with Crippen molar-refractivity contribution in [2.24, 2.45) is 23.5 Å². The molecule has 0 aromatic heterocycles. The number of methoxy groups -OCH3 is 1. The molecule has 1 amide bonds. The predicted molar refractivity (Wildman–Crippen MR) is 119 cm³/mol. The first-order chi connectivity index (χ1) is 15.2. The van der Waals surface area contributed by atoms with Crippen LogP contribution >= 0.6 is 11.6 Å². The van der Waals surface area contributed by atoms with Gasteiger partial charge in [0, 0.05) is 17.6 Å². The minimum atomic E-state index is -3.94. The van der Waals surface area contributed by atoms with E-state index in [9.17, 15) is 18.0 Å². The van der Waals surface area contributed by atoms with Gasteiger partial charge in [0.05, 0.1) is 23.5 Å². The number of carbonyl (C=O) groups is 2. The number of rotatable bonds is 7. The predicted octanol–water partition coefficient (Wildman–Crippen LogP) is 3.22. The van der Waals surface area contributed by atoms with E-state index < -0.39 is 33.9 Å². The van der Waals surface area contributed by atoms with Crippen molar-refractivity contribution in [1.29, 1.82) is 0 Å². The second kappa shape index (κ2) is 8.84. The van der Waals surface area contributed by atoms with Crippen molar-refractivity contribution in [1.82, 2.24) is 4.31 Å². The molecule has 2 bridgehead atoms. The van der Waals surface area contributed by atoms with Gasteiger partial charge in [-0.15, -0.1) is 0 Å². The smallest absolute Gasteiger partial charge is 0.337 e. The summed E-state index contributed by atoms with van der Waals surface area (Å²) in [5, 5.41) is 0.434. The molecule has 2 saturated carbocycles.